The molecule has 2 N–H and O–H groups in total. The van der Waals surface area contributed by atoms with Gasteiger partial charge in [0.2, 0.25) is 5.89 Å². The summed E-state index contributed by atoms with van der Waals surface area (Å²) >= 11 is 1.53. The van der Waals surface area contributed by atoms with E-state index in [-0.39, 0.29) is 12.0 Å². The smallest absolute Gasteiger partial charge is 0.276 e. The highest BCUT2D eigenvalue weighted by Gasteiger charge is 2.17. The van der Waals surface area contributed by atoms with Crippen molar-refractivity contribution >= 4 is 11.8 Å². The molecule has 1 aromatic heterocycles. The van der Waals surface area contributed by atoms with Gasteiger partial charge in [0.25, 0.3) is 5.22 Å². The highest BCUT2D eigenvalue weighted by atomic mass is 32.2. The van der Waals surface area contributed by atoms with Crippen molar-refractivity contribution in [3.8, 4) is 0 Å². The van der Waals surface area contributed by atoms with E-state index < -0.39 is 0 Å². The molecule has 0 saturated carbocycles. The maximum atomic E-state index is 5.97. The third-order valence-electron chi connectivity index (χ3n) is 2.91. The highest BCUT2D eigenvalue weighted by molar-refractivity contribution is 7.98. The van der Waals surface area contributed by atoms with E-state index >= 15 is 0 Å². The number of thioether (sulfide) groups is 1. The maximum absolute atomic E-state index is 5.97. The van der Waals surface area contributed by atoms with E-state index in [2.05, 4.69) is 41.4 Å². The number of nitrogens with zero attached hydrogens (tertiary/aromatic N) is 2. The van der Waals surface area contributed by atoms with E-state index in [1.165, 1.54) is 22.9 Å². The van der Waals surface area contributed by atoms with E-state index in [9.17, 15) is 0 Å². The molecule has 1 unspecified atom stereocenters. The number of aryl methyl sites for hydroxylation is 1. The van der Waals surface area contributed by atoms with Crippen LogP contribution < -0.4 is 5.73 Å². The fourth-order valence-corrected chi connectivity index (χ4v) is 2.25. The molecule has 0 fully saturated rings. The van der Waals surface area contributed by atoms with E-state index in [0.29, 0.717) is 11.1 Å². The van der Waals surface area contributed by atoms with Crippen LogP contribution in [0.3, 0.4) is 0 Å². The van der Waals surface area contributed by atoms with Crippen LogP contribution in [0.4, 0.5) is 0 Å². The van der Waals surface area contributed by atoms with Crippen molar-refractivity contribution in [3.63, 3.8) is 0 Å². The monoisotopic (exact) mass is 277 g/mol. The first kappa shape index (κ1) is 14.1. The molecule has 1 aromatic carbocycles. The number of nitrogens with two attached hydrogens (primary N) is 1. The molecule has 4 nitrogen and oxygen atoms in total. The van der Waals surface area contributed by atoms with E-state index in [4.69, 9.17) is 10.2 Å². The van der Waals surface area contributed by atoms with Gasteiger partial charge in [0, 0.05) is 5.75 Å². The van der Waals surface area contributed by atoms with Crippen LogP contribution in [-0.4, -0.2) is 10.2 Å². The molecule has 2 rings (SSSR count). The Morgan fingerprint density at radius 1 is 1.21 bits per heavy atom. The molecule has 0 radical (unpaired) electrons. The van der Waals surface area contributed by atoms with Crippen LogP contribution in [0.15, 0.2) is 33.9 Å². The van der Waals surface area contributed by atoms with Gasteiger partial charge in [-0.05, 0) is 18.4 Å². The SMILES string of the molecule is Cc1ccc(CSc2nnc(C(N)C(C)C)o2)cc1. The third-order valence-corrected chi connectivity index (χ3v) is 3.80. The lowest BCUT2D eigenvalue weighted by Crippen LogP contribution is -2.16. The fraction of sp³-hybridized carbons (Fsp3) is 0.429. The second-order valence-electron chi connectivity index (χ2n) is 4.95. The molecule has 1 atom stereocenters. The number of benzene rings is 1. The van der Waals surface area contributed by atoms with Crippen molar-refractivity contribution in [3.05, 3.63) is 41.3 Å². The summed E-state index contributed by atoms with van der Waals surface area (Å²) in [6.45, 7) is 6.15. The Bertz CT molecular complexity index is 522. The van der Waals surface area contributed by atoms with Gasteiger partial charge in [-0.1, -0.05) is 55.4 Å². The van der Waals surface area contributed by atoms with Gasteiger partial charge in [0.1, 0.15) is 0 Å². The molecule has 102 valence electrons. The standard InChI is InChI=1S/C14H19N3OS/c1-9(2)12(15)13-16-17-14(18-13)19-8-11-6-4-10(3)5-7-11/h4-7,9,12H,8,15H2,1-3H3. The molecular formula is C14H19N3OS. The topological polar surface area (TPSA) is 64.9 Å². The normalized spacial score (nSPS) is 12.9. The van der Waals surface area contributed by atoms with Crippen molar-refractivity contribution in [2.75, 3.05) is 0 Å². The number of rotatable bonds is 5. The molecule has 0 aliphatic rings. The zero-order valence-electron chi connectivity index (χ0n) is 11.5. The average molecular weight is 277 g/mol. The molecule has 0 bridgehead atoms. The number of hydrogen-bond acceptors (Lipinski definition) is 5. The third kappa shape index (κ3) is 3.81. The van der Waals surface area contributed by atoms with E-state index in [1.54, 1.807) is 0 Å². The first-order chi connectivity index (χ1) is 9.06. The van der Waals surface area contributed by atoms with Crippen LogP contribution in [0.1, 0.15) is 36.9 Å². The summed E-state index contributed by atoms with van der Waals surface area (Å²) in [7, 11) is 0. The first-order valence-corrected chi connectivity index (χ1v) is 7.32. The van der Waals surface area contributed by atoms with E-state index in [0.717, 1.165) is 5.75 Å². The quantitative estimate of drug-likeness (QED) is 0.849. The lowest BCUT2D eigenvalue weighted by molar-refractivity contribution is 0.349. The van der Waals surface area contributed by atoms with Crippen LogP contribution >= 0.6 is 11.8 Å². The van der Waals surface area contributed by atoms with Crippen LogP contribution in [-0.2, 0) is 5.75 Å². The molecular weight excluding hydrogens is 258 g/mol. The summed E-state index contributed by atoms with van der Waals surface area (Å²) in [5, 5.41) is 8.60. The summed E-state index contributed by atoms with van der Waals surface area (Å²) in [6.07, 6.45) is 0. The summed E-state index contributed by atoms with van der Waals surface area (Å²) in [5.74, 6) is 1.62. The fourth-order valence-electron chi connectivity index (χ4n) is 1.53. The Morgan fingerprint density at radius 2 is 1.89 bits per heavy atom. The minimum absolute atomic E-state index is 0.193. The summed E-state index contributed by atoms with van der Waals surface area (Å²) in [4.78, 5) is 0. The van der Waals surface area contributed by atoms with Crippen molar-refractivity contribution in [1.82, 2.24) is 10.2 Å². The number of aromatic nitrogens is 2. The Labute approximate surface area is 117 Å². The maximum Gasteiger partial charge on any atom is 0.276 e. The Hall–Kier alpha value is -1.33. The van der Waals surface area contributed by atoms with Crippen molar-refractivity contribution in [2.24, 2.45) is 11.7 Å². The minimum atomic E-state index is -0.193. The molecule has 19 heavy (non-hydrogen) atoms. The van der Waals surface area contributed by atoms with Crippen molar-refractivity contribution in [1.29, 1.82) is 0 Å². The van der Waals surface area contributed by atoms with Crippen LogP contribution in [0.2, 0.25) is 0 Å². The van der Waals surface area contributed by atoms with Gasteiger partial charge < -0.3 is 10.2 Å². The molecule has 0 aliphatic carbocycles. The Morgan fingerprint density at radius 3 is 2.53 bits per heavy atom. The van der Waals surface area contributed by atoms with Gasteiger partial charge in [0.15, 0.2) is 0 Å². The highest BCUT2D eigenvalue weighted by Crippen LogP contribution is 2.25. The number of hydrogen-bond donors (Lipinski definition) is 1. The van der Waals surface area contributed by atoms with Crippen LogP contribution in [0.5, 0.6) is 0 Å². The van der Waals surface area contributed by atoms with Crippen molar-refractivity contribution in [2.45, 2.75) is 37.8 Å². The van der Waals surface area contributed by atoms with Gasteiger partial charge in [-0.25, -0.2) is 0 Å². The molecule has 2 aromatic rings. The summed E-state index contributed by atoms with van der Waals surface area (Å²) in [5.41, 5.74) is 8.47. The predicted molar refractivity (Wildman–Crippen MR) is 76.8 cm³/mol. The van der Waals surface area contributed by atoms with Gasteiger partial charge in [-0.2, -0.15) is 0 Å². The Kier molecular flexibility index (Phi) is 4.61. The second-order valence-corrected chi connectivity index (χ2v) is 5.88. The Balaban J connectivity index is 1.95. The van der Waals surface area contributed by atoms with Gasteiger partial charge >= 0.3 is 0 Å². The minimum Gasteiger partial charge on any atom is -0.414 e. The zero-order chi connectivity index (χ0) is 13.8. The summed E-state index contributed by atoms with van der Waals surface area (Å²) < 4.78 is 5.57. The van der Waals surface area contributed by atoms with E-state index in [1.807, 2.05) is 13.8 Å². The largest absolute Gasteiger partial charge is 0.414 e. The van der Waals surface area contributed by atoms with Crippen LogP contribution in [0.25, 0.3) is 0 Å². The molecule has 5 heteroatoms. The predicted octanol–water partition coefficient (Wildman–Crippen LogP) is 3.33. The van der Waals surface area contributed by atoms with Crippen LogP contribution in [0, 0.1) is 12.8 Å². The molecule has 0 amide bonds. The molecule has 1 heterocycles. The zero-order valence-corrected chi connectivity index (χ0v) is 12.3. The van der Waals surface area contributed by atoms with Gasteiger partial charge in [-0.3, -0.25) is 0 Å². The van der Waals surface area contributed by atoms with Crippen molar-refractivity contribution < 1.29 is 4.42 Å². The van der Waals surface area contributed by atoms with Gasteiger partial charge in [0.05, 0.1) is 6.04 Å². The summed E-state index contributed by atoms with van der Waals surface area (Å²) in [6, 6.07) is 8.23. The average Bonchev–Trinajstić information content (AvgIpc) is 2.86. The first-order valence-electron chi connectivity index (χ1n) is 6.33. The second kappa shape index (κ2) is 6.21. The lowest BCUT2D eigenvalue weighted by Gasteiger charge is -2.09. The molecule has 0 saturated heterocycles. The molecule has 0 aliphatic heterocycles. The molecule has 0 spiro atoms. The van der Waals surface area contributed by atoms with Gasteiger partial charge in [-0.15, -0.1) is 10.2 Å². The lowest BCUT2D eigenvalue weighted by atomic mass is 10.1.